The first-order valence-electron chi connectivity index (χ1n) is 4.83. The van der Waals surface area contributed by atoms with E-state index in [9.17, 15) is 14.4 Å². The predicted molar refractivity (Wildman–Crippen MR) is 63.4 cm³/mol. The van der Waals surface area contributed by atoms with Gasteiger partial charge in [-0.15, -0.1) is 11.3 Å². The molecule has 0 radical (unpaired) electrons. The quantitative estimate of drug-likeness (QED) is 0.619. The molecule has 2 rings (SSSR count). The highest BCUT2D eigenvalue weighted by Gasteiger charge is 2.35. The van der Waals surface area contributed by atoms with E-state index in [2.05, 4.69) is 0 Å². The van der Waals surface area contributed by atoms with Crippen LogP contribution in [-0.2, 0) is 4.79 Å². The minimum Gasteiger partial charge on any atom is -0.318 e. The van der Waals surface area contributed by atoms with Gasteiger partial charge in [-0.3, -0.25) is 14.5 Å². The summed E-state index contributed by atoms with van der Waals surface area (Å²) in [6, 6.07) is 2.76. The van der Waals surface area contributed by atoms with Crippen molar-refractivity contribution in [3.8, 4) is 0 Å². The fourth-order valence-corrected chi connectivity index (χ4v) is 2.48. The Morgan fingerprint density at radius 1 is 1.47 bits per heavy atom. The Morgan fingerprint density at radius 3 is 2.65 bits per heavy atom. The molecule has 1 aromatic rings. The molecule has 1 fully saturated rings. The SMILES string of the molecule is CN1CC(=O)N(CC(=O)c2ccc(Cl)s2)C1=O. The highest BCUT2D eigenvalue weighted by molar-refractivity contribution is 7.18. The number of amides is 3. The number of halogens is 1. The fraction of sp³-hybridized carbons (Fsp3) is 0.300. The van der Waals surface area contributed by atoms with Gasteiger partial charge in [-0.2, -0.15) is 0 Å². The lowest BCUT2D eigenvalue weighted by Crippen LogP contribution is -2.35. The molecule has 0 unspecified atom stereocenters. The summed E-state index contributed by atoms with van der Waals surface area (Å²) in [5.74, 6) is -0.632. The van der Waals surface area contributed by atoms with E-state index in [-0.39, 0.29) is 24.8 Å². The summed E-state index contributed by atoms with van der Waals surface area (Å²) in [5.41, 5.74) is 0. The van der Waals surface area contributed by atoms with Crippen LogP contribution in [0.3, 0.4) is 0 Å². The maximum Gasteiger partial charge on any atom is 0.327 e. The van der Waals surface area contributed by atoms with Crippen LogP contribution in [0.2, 0.25) is 4.34 Å². The number of Topliss-reactive ketones (excluding diaryl/α,β-unsaturated/α-hetero) is 1. The van der Waals surface area contributed by atoms with Crippen molar-refractivity contribution in [3.63, 3.8) is 0 Å². The number of hydrogen-bond donors (Lipinski definition) is 0. The molecular formula is C10H9ClN2O3S. The number of ketones is 1. The first kappa shape index (κ1) is 12.1. The number of imide groups is 1. The number of thiophene rings is 1. The lowest BCUT2D eigenvalue weighted by molar-refractivity contribution is -0.125. The van der Waals surface area contributed by atoms with Crippen LogP contribution in [0.4, 0.5) is 4.79 Å². The molecule has 7 heteroatoms. The monoisotopic (exact) mass is 272 g/mol. The Morgan fingerprint density at radius 2 is 2.18 bits per heavy atom. The summed E-state index contributed by atoms with van der Waals surface area (Å²) >= 11 is 6.85. The molecule has 90 valence electrons. The largest absolute Gasteiger partial charge is 0.327 e. The van der Waals surface area contributed by atoms with Gasteiger partial charge in [-0.1, -0.05) is 11.6 Å². The maximum atomic E-state index is 11.8. The molecule has 0 bridgehead atoms. The summed E-state index contributed by atoms with van der Waals surface area (Å²) in [5, 5.41) is 0. The smallest absolute Gasteiger partial charge is 0.318 e. The number of likely N-dealkylation sites (N-methyl/N-ethyl adjacent to an activating group) is 1. The molecule has 5 nitrogen and oxygen atoms in total. The van der Waals surface area contributed by atoms with Crippen LogP contribution in [0.1, 0.15) is 9.67 Å². The second-order valence-corrected chi connectivity index (χ2v) is 5.36. The van der Waals surface area contributed by atoms with E-state index >= 15 is 0 Å². The van der Waals surface area contributed by atoms with Crippen molar-refractivity contribution >= 4 is 40.7 Å². The zero-order valence-corrected chi connectivity index (χ0v) is 10.5. The van der Waals surface area contributed by atoms with E-state index in [1.165, 1.54) is 11.9 Å². The highest BCUT2D eigenvalue weighted by Crippen LogP contribution is 2.22. The molecule has 2 heterocycles. The molecule has 3 amide bonds. The van der Waals surface area contributed by atoms with Gasteiger partial charge in [-0.25, -0.2) is 4.79 Å². The molecule has 0 atom stereocenters. The van der Waals surface area contributed by atoms with Crippen molar-refractivity contribution in [1.29, 1.82) is 0 Å². The van der Waals surface area contributed by atoms with Gasteiger partial charge >= 0.3 is 6.03 Å². The number of hydrogen-bond acceptors (Lipinski definition) is 4. The van der Waals surface area contributed by atoms with Crippen LogP contribution in [0, 0.1) is 0 Å². The molecule has 1 aromatic heterocycles. The second kappa shape index (κ2) is 4.46. The summed E-state index contributed by atoms with van der Waals surface area (Å²) < 4.78 is 0.504. The van der Waals surface area contributed by atoms with Gasteiger partial charge in [0.2, 0.25) is 0 Å². The van der Waals surface area contributed by atoms with Gasteiger partial charge in [0.15, 0.2) is 5.78 Å². The lowest BCUT2D eigenvalue weighted by Gasteiger charge is -2.12. The van der Waals surface area contributed by atoms with Gasteiger partial charge in [0.05, 0.1) is 15.8 Å². The van der Waals surface area contributed by atoms with E-state index in [1.807, 2.05) is 0 Å². The van der Waals surface area contributed by atoms with Gasteiger partial charge in [-0.05, 0) is 12.1 Å². The Bertz CT molecular complexity index is 499. The van der Waals surface area contributed by atoms with Crippen molar-refractivity contribution in [3.05, 3.63) is 21.3 Å². The highest BCUT2D eigenvalue weighted by atomic mass is 35.5. The molecule has 1 aliphatic rings. The van der Waals surface area contributed by atoms with E-state index in [1.54, 1.807) is 12.1 Å². The third-order valence-corrected chi connectivity index (χ3v) is 3.65. The fourth-order valence-electron chi connectivity index (χ4n) is 1.51. The third kappa shape index (κ3) is 2.32. The van der Waals surface area contributed by atoms with Crippen molar-refractivity contribution in [1.82, 2.24) is 9.80 Å². The molecular weight excluding hydrogens is 264 g/mol. The molecule has 0 aliphatic carbocycles. The molecule has 1 saturated heterocycles. The van der Waals surface area contributed by atoms with Crippen LogP contribution in [0.5, 0.6) is 0 Å². The molecule has 0 saturated carbocycles. The topological polar surface area (TPSA) is 57.7 Å². The minimum absolute atomic E-state index is 0.0251. The Kier molecular flexibility index (Phi) is 3.17. The van der Waals surface area contributed by atoms with Gasteiger partial charge in [0.25, 0.3) is 5.91 Å². The number of rotatable bonds is 3. The standard InChI is InChI=1S/C10H9ClN2O3S/c1-12-5-9(15)13(10(12)16)4-6(14)7-2-3-8(11)17-7/h2-3H,4-5H2,1H3. The van der Waals surface area contributed by atoms with Gasteiger partial charge in [0, 0.05) is 7.05 Å². The van der Waals surface area contributed by atoms with Crippen LogP contribution >= 0.6 is 22.9 Å². The average molecular weight is 273 g/mol. The second-order valence-electron chi connectivity index (χ2n) is 3.65. The number of nitrogens with zero attached hydrogens (tertiary/aromatic N) is 2. The summed E-state index contributed by atoms with van der Waals surface area (Å²) in [6.45, 7) is -0.198. The lowest BCUT2D eigenvalue weighted by atomic mass is 10.3. The van der Waals surface area contributed by atoms with Gasteiger partial charge < -0.3 is 4.90 Å². The first-order chi connectivity index (χ1) is 7.99. The predicted octanol–water partition coefficient (Wildman–Crippen LogP) is 1.48. The van der Waals surface area contributed by atoms with E-state index in [4.69, 9.17) is 11.6 Å². The van der Waals surface area contributed by atoms with Crippen molar-refractivity contribution in [2.75, 3.05) is 20.1 Å². The van der Waals surface area contributed by atoms with Gasteiger partial charge in [0.1, 0.15) is 6.54 Å². The van der Waals surface area contributed by atoms with Crippen molar-refractivity contribution < 1.29 is 14.4 Å². The first-order valence-corrected chi connectivity index (χ1v) is 6.02. The summed E-state index contributed by atoms with van der Waals surface area (Å²) in [4.78, 5) is 37.5. The van der Waals surface area contributed by atoms with E-state index in [0.717, 1.165) is 16.2 Å². The summed E-state index contributed by atoms with van der Waals surface area (Å²) in [6.07, 6.45) is 0. The molecule has 0 spiro atoms. The zero-order valence-electron chi connectivity index (χ0n) is 8.97. The molecule has 0 aromatic carbocycles. The van der Waals surface area contributed by atoms with Crippen LogP contribution in [0.15, 0.2) is 12.1 Å². The minimum atomic E-state index is -0.439. The third-order valence-electron chi connectivity index (χ3n) is 2.38. The number of carbonyl (C=O) groups is 3. The summed E-state index contributed by atoms with van der Waals surface area (Å²) in [7, 11) is 1.52. The Hall–Kier alpha value is -1.40. The van der Waals surface area contributed by atoms with E-state index in [0.29, 0.717) is 9.21 Å². The number of carbonyl (C=O) groups excluding carboxylic acids is 3. The molecule has 0 N–H and O–H groups in total. The zero-order chi connectivity index (χ0) is 12.6. The van der Waals surface area contributed by atoms with E-state index < -0.39 is 6.03 Å². The number of urea groups is 1. The van der Waals surface area contributed by atoms with Crippen molar-refractivity contribution in [2.24, 2.45) is 0 Å². The average Bonchev–Trinajstić information content (AvgIpc) is 2.79. The maximum absolute atomic E-state index is 11.8. The van der Waals surface area contributed by atoms with Crippen LogP contribution in [0.25, 0.3) is 0 Å². The van der Waals surface area contributed by atoms with Crippen LogP contribution < -0.4 is 0 Å². The Balaban J connectivity index is 2.09. The van der Waals surface area contributed by atoms with Crippen LogP contribution in [-0.4, -0.2) is 47.7 Å². The van der Waals surface area contributed by atoms with Crippen molar-refractivity contribution in [2.45, 2.75) is 0 Å². The molecule has 1 aliphatic heterocycles. The normalized spacial score (nSPS) is 15.9. The Labute approximate surface area is 107 Å². The molecule has 17 heavy (non-hydrogen) atoms.